The van der Waals surface area contributed by atoms with E-state index in [1.165, 1.54) is 32.1 Å². The number of hydrogen-bond acceptors (Lipinski definition) is 2. The zero-order valence-corrected chi connectivity index (χ0v) is 13.4. The van der Waals surface area contributed by atoms with Crippen molar-refractivity contribution < 1.29 is 4.79 Å². The van der Waals surface area contributed by atoms with Crippen LogP contribution in [0.4, 0.5) is 0 Å². The predicted octanol–water partition coefficient (Wildman–Crippen LogP) is 3.52. The molecule has 1 saturated carbocycles. The average molecular weight is 309 g/mol. The molecule has 2 atom stereocenters. The van der Waals surface area contributed by atoms with E-state index in [9.17, 15) is 4.79 Å². The molecule has 23 heavy (non-hydrogen) atoms. The number of hydrogen-bond donors (Lipinski definition) is 0. The quantitative estimate of drug-likeness (QED) is 0.851. The first kappa shape index (κ1) is 14.5. The maximum atomic E-state index is 12.8. The van der Waals surface area contributed by atoms with Crippen LogP contribution in [0.15, 0.2) is 42.7 Å². The lowest BCUT2D eigenvalue weighted by molar-refractivity contribution is 0.0521. The van der Waals surface area contributed by atoms with Crippen molar-refractivity contribution >= 4 is 5.91 Å². The normalized spacial score (nSPS) is 24.3. The number of rotatable bonds is 2. The number of likely N-dealkylation sites (tertiary alicyclic amines) is 1. The maximum Gasteiger partial charge on any atom is 0.257 e. The van der Waals surface area contributed by atoms with E-state index in [2.05, 4.69) is 5.10 Å². The van der Waals surface area contributed by atoms with Crippen molar-refractivity contribution in [3.63, 3.8) is 0 Å². The Hall–Kier alpha value is -2.10. The molecule has 1 amide bonds. The van der Waals surface area contributed by atoms with Crippen molar-refractivity contribution in [2.24, 2.45) is 11.8 Å². The number of para-hydroxylation sites is 1. The highest BCUT2D eigenvalue weighted by atomic mass is 16.2. The molecule has 2 fully saturated rings. The Morgan fingerprint density at radius 3 is 2.65 bits per heavy atom. The summed E-state index contributed by atoms with van der Waals surface area (Å²) in [7, 11) is 0. The van der Waals surface area contributed by atoms with Crippen molar-refractivity contribution in [2.45, 2.75) is 32.1 Å². The molecule has 2 heterocycles. The number of fused-ring (bicyclic) bond motifs is 1. The monoisotopic (exact) mass is 309 g/mol. The SMILES string of the molecule is O=C(c1cnn(-c2ccccc2)c1)N1CC[C@H]2CCCC[C@@H]2C1. The molecule has 0 radical (unpaired) electrons. The zero-order chi connectivity index (χ0) is 15.6. The maximum absolute atomic E-state index is 12.8. The Kier molecular flexibility index (Phi) is 3.90. The summed E-state index contributed by atoms with van der Waals surface area (Å²) in [5.74, 6) is 1.70. The first-order valence-corrected chi connectivity index (χ1v) is 8.70. The molecule has 1 aliphatic carbocycles. The predicted molar refractivity (Wildman–Crippen MR) is 89.5 cm³/mol. The standard InChI is InChI=1S/C19H23N3O/c23-19(21-11-10-15-6-4-5-7-16(15)13-21)17-12-20-22(14-17)18-8-2-1-3-9-18/h1-3,8-9,12,14-16H,4-7,10-11,13H2/t15-,16-/m1/s1. The van der Waals surface area contributed by atoms with E-state index in [1.54, 1.807) is 10.9 Å². The fraction of sp³-hybridized carbons (Fsp3) is 0.474. The fourth-order valence-electron chi connectivity index (χ4n) is 4.12. The molecule has 4 nitrogen and oxygen atoms in total. The highest BCUT2D eigenvalue weighted by molar-refractivity contribution is 5.93. The summed E-state index contributed by atoms with van der Waals surface area (Å²) in [5, 5.41) is 4.35. The van der Waals surface area contributed by atoms with Gasteiger partial charge in [-0.15, -0.1) is 0 Å². The molecular weight excluding hydrogens is 286 g/mol. The average Bonchev–Trinajstić information content (AvgIpc) is 3.11. The van der Waals surface area contributed by atoms with Gasteiger partial charge < -0.3 is 4.90 Å². The summed E-state index contributed by atoms with van der Waals surface area (Å²) in [4.78, 5) is 14.8. The van der Waals surface area contributed by atoms with E-state index in [0.29, 0.717) is 11.5 Å². The molecule has 2 aliphatic rings. The van der Waals surface area contributed by atoms with Gasteiger partial charge in [-0.05, 0) is 36.8 Å². The molecule has 1 saturated heterocycles. The van der Waals surface area contributed by atoms with Gasteiger partial charge in [0.25, 0.3) is 5.91 Å². The molecule has 1 aromatic carbocycles. The number of amides is 1. The summed E-state index contributed by atoms with van der Waals surface area (Å²) >= 11 is 0. The summed E-state index contributed by atoms with van der Waals surface area (Å²) in [6.45, 7) is 1.83. The molecule has 1 aliphatic heterocycles. The first-order valence-electron chi connectivity index (χ1n) is 8.70. The van der Waals surface area contributed by atoms with Gasteiger partial charge in [-0.25, -0.2) is 4.68 Å². The Balaban J connectivity index is 1.48. The van der Waals surface area contributed by atoms with Crippen LogP contribution in [0.2, 0.25) is 0 Å². The van der Waals surface area contributed by atoms with Gasteiger partial charge in [0, 0.05) is 19.3 Å². The van der Waals surface area contributed by atoms with E-state index < -0.39 is 0 Å². The lowest BCUT2D eigenvalue weighted by atomic mass is 9.75. The Morgan fingerprint density at radius 2 is 1.83 bits per heavy atom. The fourth-order valence-corrected chi connectivity index (χ4v) is 4.12. The Morgan fingerprint density at radius 1 is 1.04 bits per heavy atom. The van der Waals surface area contributed by atoms with E-state index in [1.807, 2.05) is 41.4 Å². The minimum Gasteiger partial charge on any atom is -0.338 e. The molecule has 0 spiro atoms. The third-order valence-corrected chi connectivity index (χ3v) is 5.43. The number of carbonyl (C=O) groups excluding carboxylic acids is 1. The topological polar surface area (TPSA) is 38.1 Å². The van der Waals surface area contributed by atoms with Crippen molar-refractivity contribution in [3.05, 3.63) is 48.3 Å². The second kappa shape index (κ2) is 6.19. The summed E-state index contributed by atoms with van der Waals surface area (Å²) in [6.07, 6.45) is 10.1. The van der Waals surface area contributed by atoms with Crippen LogP contribution < -0.4 is 0 Å². The van der Waals surface area contributed by atoms with Crippen LogP contribution in [0.1, 0.15) is 42.5 Å². The molecule has 0 N–H and O–H groups in total. The van der Waals surface area contributed by atoms with Crippen LogP contribution in [0.3, 0.4) is 0 Å². The third kappa shape index (κ3) is 2.90. The van der Waals surface area contributed by atoms with E-state index >= 15 is 0 Å². The van der Waals surface area contributed by atoms with Gasteiger partial charge >= 0.3 is 0 Å². The van der Waals surface area contributed by atoms with Gasteiger partial charge in [0.1, 0.15) is 0 Å². The van der Waals surface area contributed by atoms with Crippen LogP contribution in [-0.2, 0) is 0 Å². The summed E-state index contributed by atoms with van der Waals surface area (Å²) in [6, 6.07) is 9.93. The molecular formula is C19H23N3O. The van der Waals surface area contributed by atoms with E-state index in [-0.39, 0.29) is 5.91 Å². The van der Waals surface area contributed by atoms with Crippen molar-refractivity contribution in [1.29, 1.82) is 0 Å². The van der Waals surface area contributed by atoms with E-state index in [4.69, 9.17) is 0 Å². The van der Waals surface area contributed by atoms with Crippen LogP contribution in [-0.4, -0.2) is 33.7 Å². The molecule has 1 aromatic heterocycles. The number of benzene rings is 1. The number of nitrogens with zero attached hydrogens (tertiary/aromatic N) is 3. The molecule has 0 bridgehead atoms. The van der Waals surface area contributed by atoms with Gasteiger partial charge in [-0.2, -0.15) is 5.10 Å². The van der Waals surface area contributed by atoms with Crippen LogP contribution in [0.5, 0.6) is 0 Å². The van der Waals surface area contributed by atoms with Gasteiger partial charge in [-0.1, -0.05) is 37.5 Å². The van der Waals surface area contributed by atoms with Gasteiger partial charge in [0.05, 0.1) is 17.4 Å². The summed E-state index contributed by atoms with van der Waals surface area (Å²) < 4.78 is 1.78. The molecule has 4 heteroatoms. The van der Waals surface area contributed by atoms with Crippen molar-refractivity contribution in [1.82, 2.24) is 14.7 Å². The minimum absolute atomic E-state index is 0.135. The summed E-state index contributed by atoms with van der Waals surface area (Å²) in [5.41, 5.74) is 1.68. The largest absolute Gasteiger partial charge is 0.338 e. The van der Waals surface area contributed by atoms with Gasteiger partial charge in [-0.3, -0.25) is 4.79 Å². The number of aromatic nitrogens is 2. The van der Waals surface area contributed by atoms with Crippen LogP contribution >= 0.6 is 0 Å². The lowest BCUT2D eigenvalue weighted by Gasteiger charge is -2.41. The van der Waals surface area contributed by atoms with Gasteiger partial charge in [0.15, 0.2) is 0 Å². The van der Waals surface area contributed by atoms with E-state index in [0.717, 1.165) is 24.7 Å². The highest BCUT2D eigenvalue weighted by Gasteiger charge is 2.33. The molecule has 120 valence electrons. The number of piperidine rings is 1. The van der Waals surface area contributed by atoms with Gasteiger partial charge in [0.2, 0.25) is 0 Å². The van der Waals surface area contributed by atoms with Crippen molar-refractivity contribution in [2.75, 3.05) is 13.1 Å². The smallest absolute Gasteiger partial charge is 0.257 e. The molecule has 4 rings (SSSR count). The zero-order valence-electron chi connectivity index (χ0n) is 13.4. The van der Waals surface area contributed by atoms with Crippen LogP contribution in [0.25, 0.3) is 5.69 Å². The minimum atomic E-state index is 0.135. The third-order valence-electron chi connectivity index (χ3n) is 5.43. The second-order valence-corrected chi connectivity index (χ2v) is 6.85. The molecule has 0 unspecified atom stereocenters. The van der Waals surface area contributed by atoms with Crippen LogP contribution in [0, 0.1) is 11.8 Å². The first-order chi connectivity index (χ1) is 11.3. The molecule has 2 aromatic rings. The Bertz CT molecular complexity index is 679. The van der Waals surface area contributed by atoms with Crippen molar-refractivity contribution in [3.8, 4) is 5.69 Å². The highest BCUT2D eigenvalue weighted by Crippen LogP contribution is 2.36. The number of carbonyl (C=O) groups is 1. The lowest BCUT2D eigenvalue weighted by Crippen LogP contribution is -2.44. The second-order valence-electron chi connectivity index (χ2n) is 6.85. The Labute approximate surface area is 137 Å².